The van der Waals surface area contributed by atoms with Crippen molar-refractivity contribution < 1.29 is 22.7 Å². The number of nitrogens with zero attached hydrogens (tertiary/aromatic N) is 2. The molecule has 1 atom stereocenters. The number of carbonyl (C=O) groups is 1. The third-order valence-electron chi connectivity index (χ3n) is 3.04. The van der Waals surface area contributed by atoms with Gasteiger partial charge >= 0.3 is 6.18 Å². The van der Waals surface area contributed by atoms with Gasteiger partial charge in [-0.2, -0.15) is 13.2 Å². The molecule has 0 radical (unpaired) electrons. The van der Waals surface area contributed by atoms with Crippen LogP contribution in [0.4, 0.5) is 13.2 Å². The Bertz CT molecular complexity index is 451. The van der Waals surface area contributed by atoms with Crippen LogP contribution in [0, 0.1) is 0 Å². The van der Waals surface area contributed by atoms with Crippen LogP contribution < -0.4 is 4.74 Å². The van der Waals surface area contributed by atoms with Gasteiger partial charge in [-0.15, -0.1) is 0 Å². The SMILES string of the molecule is O=C(CC(F)(F)F)N1CCC[C@H](Oc2ccncc2)C1. The van der Waals surface area contributed by atoms with Crippen molar-refractivity contribution in [2.75, 3.05) is 13.1 Å². The smallest absolute Gasteiger partial charge is 0.397 e. The van der Waals surface area contributed by atoms with Crippen molar-refractivity contribution in [2.24, 2.45) is 0 Å². The summed E-state index contributed by atoms with van der Waals surface area (Å²) >= 11 is 0. The lowest BCUT2D eigenvalue weighted by atomic mass is 10.1. The highest BCUT2D eigenvalue weighted by molar-refractivity contribution is 5.77. The third kappa shape index (κ3) is 4.40. The molecule has 110 valence electrons. The predicted octanol–water partition coefficient (Wildman–Crippen LogP) is 2.40. The van der Waals surface area contributed by atoms with E-state index in [-0.39, 0.29) is 12.6 Å². The summed E-state index contributed by atoms with van der Waals surface area (Å²) in [4.78, 5) is 16.6. The van der Waals surface area contributed by atoms with Gasteiger partial charge in [-0.3, -0.25) is 9.78 Å². The summed E-state index contributed by atoms with van der Waals surface area (Å²) in [5.41, 5.74) is 0. The van der Waals surface area contributed by atoms with Gasteiger partial charge in [0.05, 0.1) is 6.54 Å². The minimum absolute atomic E-state index is 0.192. The van der Waals surface area contributed by atoms with E-state index in [9.17, 15) is 18.0 Å². The molecule has 7 heteroatoms. The van der Waals surface area contributed by atoms with Crippen molar-refractivity contribution in [3.63, 3.8) is 0 Å². The van der Waals surface area contributed by atoms with E-state index in [1.807, 2.05) is 0 Å². The van der Waals surface area contributed by atoms with Crippen molar-refractivity contribution in [1.82, 2.24) is 9.88 Å². The normalized spacial score (nSPS) is 19.8. The number of hydrogen-bond donors (Lipinski definition) is 0. The van der Waals surface area contributed by atoms with Gasteiger partial charge in [0, 0.05) is 18.9 Å². The van der Waals surface area contributed by atoms with Gasteiger partial charge in [0.2, 0.25) is 5.91 Å². The molecule has 1 aromatic rings. The molecule has 0 bridgehead atoms. The summed E-state index contributed by atoms with van der Waals surface area (Å²) in [7, 11) is 0. The molecule has 0 N–H and O–H groups in total. The first-order chi connectivity index (χ1) is 9.44. The van der Waals surface area contributed by atoms with E-state index in [1.165, 1.54) is 4.90 Å². The summed E-state index contributed by atoms with van der Waals surface area (Å²) in [5.74, 6) is -0.282. The molecule has 1 amide bonds. The quantitative estimate of drug-likeness (QED) is 0.857. The van der Waals surface area contributed by atoms with Crippen molar-refractivity contribution in [1.29, 1.82) is 0 Å². The lowest BCUT2D eigenvalue weighted by molar-refractivity contribution is -0.163. The largest absolute Gasteiger partial charge is 0.488 e. The number of pyridine rings is 1. The van der Waals surface area contributed by atoms with Crippen LogP contribution in [0.25, 0.3) is 0 Å². The third-order valence-corrected chi connectivity index (χ3v) is 3.04. The zero-order chi connectivity index (χ0) is 14.6. The average Bonchev–Trinajstić information content (AvgIpc) is 2.38. The molecule has 0 aromatic carbocycles. The lowest BCUT2D eigenvalue weighted by Crippen LogP contribution is -2.45. The van der Waals surface area contributed by atoms with Crippen LogP contribution >= 0.6 is 0 Å². The van der Waals surface area contributed by atoms with Gasteiger partial charge in [-0.1, -0.05) is 0 Å². The second-order valence-corrected chi connectivity index (χ2v) is 4.70. The van der Waals surface area contributed by atoms with E-state index < -0.39 is 18.5 Å². The molecule has 2 rings (SSSR count). The number of likely N-dealkylation sites (tertiary alicyclic amines) is 1. The van der Waals surface area contributed by atoms with Crippen molar-refractivity contribution >= 4 is 5.91 Å². The Morgan fingerprint density at radius 2 is 2.10 bits per heavy atom. The molecule has 1 saturated heterocycles. The number of alkyl halides is 3. The number of hydrogen-bond acceptors (Lipinski definition) is 3. The Morgan fingerprint density at radius 1 is 1.40 bits per heavy atom. The summed E-state index contributed by atoms with van der Waals surface area (Å²) in [6.45, 7) is 0.544. The number of aromatic nitrogens is 1. The van der Waals surface area contributed by atoms with Gasteiger partial charge in [0.1, 0.15) is 18.3 Å². The highest BCUT2D eigenvalue weighted by atomic mass is 19.4. The minimum atomic E-state index is -4.46. The molecule has 1 aliphatic heterocycles. The van der Waals surface area contributed by atoms with E-state index in [1.54, 1.807) is 24.5 Å². The highest BCUT2D eigenvalue weighted by Gasteiger charge is 2.35. The standard InChI is InChI=1S/C13H15F3N2O2/c14-13(15,16)8-12(19)18-7-1-2-11(9-18)20-10-3-5-17-6-4-10/h3-6,11H,1-2,7-9H2/t11-/m0/s1. The van der Waals surface area contributed by atoms with Gasteiger partial charge in [0.15, 0.2) is 0 Å². The molecule has 1 fully saturated rings. The summed E-state index contributed by atoms with van der Waals surface area (Å²) in [6.07, 6.45) is -1.64. The van der Waals surface area contributed by atoms with Crippen LogP contribution in [0.5, 0.6) is 5.75 Å². The first kappa shape index (κ1) is 14.6. The second kappa shape index (κ2) is 6.11. The van der Waals surface area contributed by atoms with Crippen molar-refractivity contribution in [3.05, 3.63) is 24.5 Å². The number of carbonyl (C=O) groups excluding carboxylic acids is 1. The summed E-state index contributed by atoms with van der Waals surface area (Å²) in [5, 5.41) is 0. The fourth-order valence-corrected chi connectivity index (χ4v) is 2.15. The predicted molar refractivity (Wildman–Crippen MR) is 65.1 cm³/mol. The first-order valence-electron chi connectivity index (χ1n) is 6.35. The fraction of sp³-hybridized carbons (Fsp3) is 0.538. The molecular formula is C13H15F3N2O2. The van der Waals surface area contributed by atoms with Crippen LogP contribution in [-0.4, -0.2) is 41.2 Å². The van der Waals surface area contributed by atoms with E-state index in [0.717, 1.165) is 6.42 Å². The molecule has 0 unspecified atom stereocenters. The topological polar surface area (TPSA) is 42.4 Å². The van der Waals surface area contributed by atoms with E-state index in [0.29, 0.717) is 18.7 Å². The molecule has 1 aromatic heterocycles. The highest BCUT2D eigenvalue weighted by Crippen LogP contribution is 2.23. The molecule has 0 spiro atoms. The molecular weight excluding hydrogens is 273 g/mol. The lowest BCUT2D eigenvalue weighted by Gasteiger charge is -2.33. The van der Waals surface area contributed by atoms with E-state index in [2.05, 4.69) is 4.98 Å². The van der Waals surface area contributed by atoms with Gasteiger partial charge in [-0.25, -0.2) is 0 Å². The van der Waals surface area contributed by atoms with Crippen molar-refractivity contribution in [2.45, 2.75) is 31.5 Å². The van der Waals surface area contributed by atoms with Gasteiger partial charge in [-0.05, 0) is 25.0 Å². The van der Waals surface area contributed by atoms with Crippen LogP contribution in [-0.2, 0) is 4.79 Å². The zero-order valence-corrected chi connectivity index (χ0v) is 10.8. The number of halogens is 3. The Balaban J connectivity index is 1.90. The molecule has 0 saturated carbocycles. The maximum Gasteiger partial charge on any atom is 0.397 e. The molecule has 0 aliphatic carbocycles. The monoisotopic (exact) mass is 288 g/mol. The van der Waals surface area contributed by atoms with Crippen molar-refractivity contribution in [3.8, 4) is 5.75 Å². The Kier molecular flexibility index (Phi) is 4.46. The summed E-state index contributed by atoms with van der Waals surface area (Å²) < 4.78 is 42.3. The number of rotatable bonds is 3. The Morgan fingerprint density at radius 3 is 2.75 bits per heavy atom. The first-order valence-corrected chi connectivity index (χ1v) is 6.35. The fourth-order valence-electron chi connectivity index (χ4n) is 2.15. The van der Waals surface area contributed by atoms with Crippen LogP contribution in [0.15, 0.2) is 24.5 Å². The average molecular weight is 288 g/mol. The van der Waals surface area contributed by atoms with E-state index in [4.69, 9.17) is 4.74 Å². The second-order valence-electron chi connectivity index (χ2n) is 4.70. The number of ether oxygens (including phenoxy) is 1. The maximum atomic E-state index is 12.2. The molecule has 2 heterocycles. The zero-order valence-electron chi connectivity index (χ0n) is 10.8. The molecule has 1 aliphatic rings. The van der Waals surface area contributed by atoms with Gasteiger partial charge in [0.25, 0.3) is 0 Å². The summed E-state index contributed by atoms with van der Waals surface area (Å²) in [6, 6.07) is 3.35. The molecule has 20 heavy (non-hydrogen) atoms. The van der Waals surface area contributed by atoms with Crippen LogP contribution in [0.1, 0.15) is 19.3 Å². The van der Waals surface area contributed by atoms with Crippen LogP contribution in [0.2, 0.25) is 0 Å². The number of piperidine rings is 1. The minimum Gasteiger partial charge on any atom is -0.488 e. The Labute approximate surface area is 114 Å². The van der Waals surface area contributed by atoms with E-state index >= 15 is 0 Å². The van der Waals surface area contributed by atoms with Gasteiger partial charge < -0.3 is 9.64 Å². The molecule has 4 nitrogen and oxygen atoms in total. The maximum absolute atomic E-state index is 12.2. The van der Waals surface area contributed by atoms with Crippen LogP contribution in [0.3, 0.4) is 0 Å². The number of amides is 1. The Hall–Kier alpha value is -1.79.